The molecule has 132 valence electrons. The van der Waals surface area contributed by atoms with Crippen LogP contribution in [0, 0.1) is 6.92 Å². The van der Waals surface area contributed by atoms with Crippen LogP contribution in [-0.4, -0.2) is 11.0 Å². The second-order valence-electron chi connectivity index (χ2n) is 5.83. The molecule has 0 bridgehead atoms. The van der Waals surface area contributed by atoms with Crippen LogP contribution in [0.25, 0.3) is 17.4 Å². The second kappa shape index (κ2) is 8.04. The molecule has 1 heterocycles. The van der Waals surface area contributed by atoms with Gasteiger partial charge in [-0.25, -0.2) is 0 Å². The number of rotatable bonds is 5. The number of hydrogen-bond acceptors (Lipinski definition) is 3. The van der Waals surface area contributed by atoms with Gasteiger partial charge in [0.1, 0.15) is 18.1 Å². The van der Waals surface area contributed by atoms with Crippen molar-refractivity contribution >= 4 is 29.3 Å². The minimum atomic E-state index is -0.226. The molecule has 0 fully saturated rings. The Morgan fingerprint density at radius 1 is 1.15 bits per heavy atom. The lowest BCUT2D eigenvalue weighted by atomic mass is 10.1. The van der Waals surface area contributed by atoms with Crippen LogP contribution in [0.15, 0.2) is 65.1 Å². The van der Waals surface area contributed by atoms with Gasteiger partial charge in [0, 0.05) is 22.3 Å². The average Bonchev–Trinajstić information content (AvgIpc) is 3.12. The molecule has 26 heavy (non-hydrogen) atoms. The van der Waals surface area contributed by atoms with E-state index in [1.807, 2.05) is 37.3 Å². The van der Waals surface area contributed by atoms with Gasteiger partial charge in [0.25, 0.3) is 0 Å². The zero-order valence-electron chi connectivity index (χ0n) is 14.2. The summed E-state index contributed by atoms with van der Waals surface area (Å²) >= 11 is 5.85. The van der Waals surface area contributed by atoms with E-state index in [0.717, 1.165) is 16.7 Å². The monoisotopic (exact) mass is 367 g/mol. The molecule has 0 saturated heterocycles. The van der Waals surface area contributed by atoms with E-state index in [1.165, 1.54) is 6.08 Å². The molecule has 2 aromatic carbocycles. The van der Waals surface area contributed by atoms with Gasteiger partial charge in [0.15, 0.2) is 0 Å². The van der Waals surface area contributed by atoms with Crippen molar-refractivity contribution in [2.24, 2.45) is 0 Å². The summed E-state index contributed by atoms with van der Waals surface area (Å²) in [6.45, 7) is 1.77. The number of halogens is 1. The van der Waals surface area contributed by atoms with Gasteiger partial charge < -0.3 is 14.8 Å². The highest BCUT2D eigenvalue weighted by Gasteiger charge is 2.08. The Labute approximate surface area is 156 Å². The maximum absolute atomic E-state index is 12.2. The Hall–Kier alpha value is -2.82. The molecule has 3 rings (SSSR count). The van der Waals surface area contributed by atoms with Crippen molar-refractivity contribution in [3.05, 3.63) is 82.6 Å². The van der Waals surface area contributed by atoms with Crippen molar-refractivity contribution in [2.75, 3.05) is 5.32 Å². The number of aryl methyl sites for hydroxylation is 1. The van der Waals surface area contributed by atoms with Gasteiger partial charge in [-0.15, -0.1) is 0 Å². The summed E-state index contributed by atoms with van der Waals surface area (Å²) in [7, 11) is 0. The van der Waals surface area contributed by atoms with E-state index in [0.29, 0.717) is 22.2 Å². The smallest absolute Gasteiger partial charge is 0.248 e. The van der Waals surface area contributed by atoms with Crippen molar-refractivity contribution in [3.8, 4) is 11.3 Å². The zero-order valence-corrected chi connectivity index (χ0v) is 15.0. The first-order chi connectivity index (χ1) is 12.5. The average molecular weight is 368 g/mol. The molecule has 0 saturated carbocycles. The fourth-order valence-electron chi connectivity index (χ4n) is 2.45. The molecule has 0 atom stereocenters. The summed E-state index contributed by atoms with van der Waals surface area (Å²) in [6, 6.07) is 16.4. The van der Waals surface area contributed by atoms with E-state index in [9.17, 15) is 4.79 Å². The Balaban J connectivity index is 1.75. The normalized spacial score (nSPS) is 11.0. The number of aliphatic hydroxyl groups is 1. The third-order valence-electron chi connectivity index (χ3n) is 3.89. The Morgan fingerprint density at radius 3 is 2.62 bits per heavy atom. The minimum Gasteiger partial charge on any atom is -0.459 e. The molecule has 2 N–H and O–H groups in total. The van der Waals surface area contributed by atoms with Gasteiger partial charge >= 0.3 is 0 Å². The van der Waals surface area contributed by atoms with E-state index in [-0.39, 0.29) is 12.5 Å². The molecule has 0 aliphatic carbocycles. The number of benzene rings is 2. The molecular formula is C21H18ClNO3. The molecule has 1 amide bonds. The van der Waals surface area contributed by atoms with Gasteiger partial charge in [0.05, 0.1) is 0 Å². The van der Waals surface area contributed by atoms with Gasteiger partial charge in [-0.2, -0.15) is 0 Å². The molecule has 0 aliphatic heterocycles. The zero-order chi connectivity index (χ0) is 18.5. The van der Waals surface area contributed by atoms with Crippen molar-refractivity contribution < 1.29 is 14.3 Å². The molecular weight excluding hydrogens is 350 g/mol. The van der Waals surface area contributed by atoms with Crippen molar-refractivity contribution in [3.63, 3.8) is 0 Å². The Kier molecular flexibility index (Phi) is 5.56. The number of nitrogens with one attached hydrogen (secondary N) is 1. The number of carbonyl (C=O) groups excluding carboxylic acids is 1. The number of furan rings is 1. The summed E-state index contributed by atoms with van der Waals surface area (Å²) in [6.07, 6.45) is 3.21. The first-order valence-corrected chi connectivity index (χ1v) is 8.48. The standard InChI is InChI=1S/C21H18ClNO3/c1-14-2-6-16(20-10-9-18(13-24)26-20)12-19(14)23-21(25)11-5-15-3-7-17(22)8-4-15/h2-12,24H,13H2,1H3,(H,23,25)/b11-5+. The molecule has 4 nitrogen and oxygen atoms in total. The van der Waals surface area contributed by atoms with E-state index in [4.69, 9.17) is 21.1 Å². The number of anilines is 1. The summed E-state index contributed by atoms with van der Waals surface area (Å²) in [5.41, 5.74) is 3.36. The summed E-state index contributed by atoms with van der Waals surface area (Å²) in [5, 5.41) is 12.7. The maximum Gasteiger partial charge on any atom is 0.248 e. The van der Waals surface area contributed by atoms with Crippen LogP contribution in [0.5, 0.6) is 0 Å². The van der Waals surface area contributed by atoms with Crippen molar-refractivity contribution in [1.29, 1.82) is 0 Å². The fourth-order valence-corrected chi connectivity index (χ4v) is 2.57. The number of aliphatic hydroxyl groups excluding tert-OH is 1. The third kappa shape index (κ3) is 4.42. The van der Waals surface area contributed by atoms with Crippen LogP contribution in [0.4, 0.5) is 5.69 Å². The van der Waals surface area contributed by atoms with Crippen LogP contribution in [0.3, 0.4) is 0 Å². The number of amides is 1. The molecule has 5 heteroatoms. The summed E-state index contributed by atoms with van der Waals surface area (Å²) in [4.78, 5) is 12.2. The molecule has 0 spiro atoms. The van der Waals surface area contributed by atoms with Crippen LogP contribution in [-0.2, 0) is 11.4 Å². The van der Waals surface area contributed by atoms with Gasteiger partial charge in [-0.05, 0) is 54.5 Å². The van der Waals surface area contributed by atoms with Crippen molar-refractivity contribution in [2.45, 2.75) is 13.5 Å². The maximum atomic E-state index is 12.2. The van der Waals surface area contributed by atoms with Crippen LogP contribution >= 0.6 is 11.6 Å². The van der Waals surface area contributed by atoms with E-state index < -0.39 is 0 Å². The highest BCUT2D eigenvalue weighted by Crippen LogP contribution is 2.27. The number of hydrogen-bond donors (Lipinski definition) is 2. The summed E-state index contributed by atoms with van der Waals surface area (Å²) < 4.78 is 5.55. The Bertz CT molecular complexity index is 942. The number of carbonyl (C=O) groups is 1. The fraction of sp³-hybridized carbons (Fsp3) is 0.0952. The summed E-state index contributed by atoms with van der Waals surface area (Å²) in [5.74, 6) is 0.911. The molecule has 0 aliphatic rings. The minimum absolute atomic E-state index is 0.148. The van der Waals surface area contributed by atoms with E-state index >= 15 is 0 Å². The third-order valence-corrected chi connectivity index (χ3v) is 4.15. The lowest BCUT2D eigenvalue weighted by Gasteiger charge is -2.08. The lowest BCUT2D eigenvalue weighted by molar-refractivity contribution is -0.111. The topological polar surface area (TPSA) is 62.5 Å². The van der Waals surface area contributed by atoms with E-state index in [2.05, 4.69) is 5.32 Å². The molecule has 0 unspecified atom stereocenters. The predicted octanol–water partition coefficient (Wildman–Crippen LogP) is 5.05. The molecule has 1 aromatic heterocycles. The Morgan fingerprint density at radius 2 is 1.92 bits per heavy atom. The first kappa shape index (κ1) is 18.0. The van der Waals surface area contributed by atoms with Gasteiger partial charge in [-0.3, -0.25) is 4.79 Å². The first-order valence-electron chi connectivity index (χ1n) is 8.10. The highest BCUT2D eigenvalue weighted by atomic mass is 35.5. The largest absolute Gasteiger partial charge is 0.459 e. The van der Waals surface area contributed by atoms with Crippen LogP contribution < -0.4 is 5.32 Å². The van der Waals surface area contributed by atoms with Gasteiger partial charge in [0.2, 0.25) is 5.91 Å². The molecule has 0 radical (unpaired) electrons. The van der Waals surface area contributed by atoms with Crippen molar-refractivity contribution in [1.82, 2.24) is 0 Å². The van der Waals surface area contributed by atoms with Crippen LogP contribution in [0.1, 0.15) is 16.9 Å². The van der Waals surface area contributed by atoms with Crippen LogP contribution in [0.2, 0.25) is 5.02 Å². The van der Waals surface area contributed by atoms with Gasteiger partial charge in [-0.1, -0.05) is 35.9 Å². The SMILES string of the molecule is Cc1ccc(-c2ccc(CO)o2)cc1NC(=O)/C=C/c1ccc(Cl)cc1. The highest BCUT2D eigenvalue weighted by molar-refractivity contribution is 6.30. The quantitative estimate of drug-likeness (QED) is 0.620. The lowest BCUT2D eigenvalue weighted by Crippen LogP contribution is -2.09. The molecule has 3 aromatic rings. The second-order valence-corrected chi connectivity index (χ2v) is 6.26. The predicted molar refractivity (Wildman–Crippen MR) is 104 cm³/mol. The van der Waals surface area contributed by atoms with E-state index in [1.54, 1.807) is 30.3 Å².